The average molecular weight is 234 g/mol. The first kappa shape index (κ1) is 14.0. The highest BCUT2D eigenvalue weighted by Gasteiger charge is 2.13. The van der Waals surface area contributed by atoms with E-state index < -0.39 is 0 Å². The summed E-state index contributed by atoms with van der Waals surface area (Å²) in [6.07, 6.45) is 7.97. The van der Waals surface area contributed by atoms with Gasteiger partial charge in [0, 0.05) is 18.8 Å². The molecule has 2 nitrogen and oxygen atoms in total. The van der Waals surface area contributed by atoms with Gasteiger partial charge in [0.2, 0.25) is 0 Å². The minimum Gasteiger partial charge on any atom is -0.371 e. The van der Waals surface area contributed by atoms with Crippen LogP contribution in [0.15, 0.2) is 24.3 Å². The maximum atomic E-state index is 2.58. The molecule has 17 heavy (non-hydrogen) atoms. The summed E-state index contributed by atoms with van der Waals surface area (Å²) >= 11 is 0. The predicted molar refractivity (Wildman–Crippen MR) is 76.1 cm³/mol. The molecule has 0 saturated carbocycles. The minimum absolute atomic E-state index is 0. The molecule has 0 unspecified atom stereocenters. The summed E-state index contributed by atoms with van der Waals surface area (Å²) in [5, 5.41) is 0. The van der Waals surface area contributed by atoms with Crippen LogP contribution in [0.3, 0.4) is 0 Å². The lowest BCUT2D eigenvalue weighted by molar-refractivity contribution is 0.576. The van der Waals surface area contributed by atoms with Crippen LogP contribution in [0.1, 0.15) is 44.6 Å². The lowest BCUT2D eigenvalue weighted by Gasteiger charge is -2.30. The van der Waals surface area contributed by atoms with E-state index in [4.69, 9.17) is 0 Å². The number of anilines is 1. The third-order valence-electron chi connectivity index (χ3n) is 3.49. The molecule has 1 saturated heterocycles. The van der Waals surface area contributed by atoms with Gasteiger partial charge in [-0.3, -0.25) is 0 Å². The van der Waals surface area contributed by atoms with E-state index in [0.717, 1.165) is 0 Å². The average Bonchev–Trinajstić information content (AvgIpc) is 2.38. The fraction of sp³-hybridized carbons (Fsp3) is 0.600. The Bertz CT molecular complexity index is 316. The molecule has 1 aromatic rings. The van der Waals surface area contributed by atoms with Crippen LogP contribution in [0.5, 0.6) is 0 Å². The van der Waals surface area contributed by atoms with Gasteiger partial charge in [-0.25, -0.2) is 0 Å². The molecular formula is C15H26N2. The summed E-state index contributed by atoms with van der Waals surface area (Å²) in [5.41, 5.74) is 3.04. The van der Waals surface area contributed by atoms with Crippen LogP contribution in [0.2, 0.25) is 0 Å². The largest absolute Gasteiger partial charge is 0.371 e. The topological polar surface area (TPSA) is 38.2 Å². The zero-order valence-electron chi connectivity index (χ0n) is 11.1. The Labute approximate surface area is 106 Å². The maximum absolute atomic E-state index is 2.58. The van der Waals surface area contributed by atoms with Crippen molar-refractivity contribution >= 4 is 5.69 Å². The standard InChI is InChI=1S/C15H23N.H3N/c1-2-3-9-14-10-5-6-11-15(14)16-12-7-4-8-13-16;/h5-6,10-11H,2-4,7-9,12-13H2,1H3;1H3. The smallest absolute Gasteiger partial charge is 0.0398 e. The van der Waals surface area contributed by atoms with E-state index in [-0.39, 0.29) is 6.15 Å². The molecule has 0 radical (unpaired) electrons. The first-order valence-corrected chi connectivity index (χ1v) is 6.74. The summed E-state index contributed by atoms with van der Waals surface area (Å²) < 4.78 is 0. The third-order valence-corrected chi connectivity index (χ3v) is 3.49. The normalized spacial score (nSPS) is 15.5. The molecule has 0 spiro atoms. The number of nitrogens with zero attached hydrogens (tertiary/aromatic N) is 1. The maximum Gasteiger partial charge on any atom is 0.0398 e. The molecule has 0 amide bonds. The summed E-state index contributed by atoms with van der Waals surface area (Å²) in [6.45, 7) is 4.77. The fourth-order valence-corrected chi connectivity index (χ4v) is 2.53. The van der Waals surface area contributed by atoms with Crippen molar-refractivity contribution in [1.82, 2.24) is 6.15 Å². The molecule has 0 atom stereocenters. The summed E-state index contributed by atoms with van der Waals surface area (Å²) in [7, 11) is 0. The van der Waals surface area contributed by atoms with Crippen molar-refractivity contribution < 1.29 is 0 Å². The second-order valence-corrected chi connectivity index (χ2v) is 4.78. The zero-order chi connectivity index (χ0) is 11.2. The SMILES string of the molecule is CCCCc1ccccc1N1CCCCC1.N. The Balaban J connectivity index is 0.00000144. The van der Waals surface area contributed by atoms with Crippen LogP contribution in [0.25, 0.3) is 0 Å². The molecule has 1 heterocycles. The van der Waals surface area contributed by atoms with Crippen LogP contribution in [0.4, 0.5) is 5.69 Å². The molecule has 1 aromatic carbocycles. The highest BCUT2D eigenvalue weighted by molar-refractivity contribution is 5.53. The van der Waals surface area contributed by atoms with Gasteiger partial charge in [-0.1, -0.05) is 31.5 Å². The van der Waals surface area contributed by atoms with E-state index in [1.165, 1.54) is 57.3 Å². The quantitative estimate of drug-likeness (QED) is 0.848. The van der Waals surface area contributed by atoms with Crippen molar-refractivity contribution in [2.24, 2.45) is 0 Å². The fourth-order valence-electron chi connectivity index (χ4n) is 2.53. The molecule has 1 aliphatic rings. The van der Waals surface area contributed by atoms with Gasteiger partial charge in [-0.2, -0.15) is 0 Å². The van der Waals surface area contributed by atoms with E-state index in [0.29, 0.717) is 0 Å². The third kappa shape index (κ3) is 3.74. The Morgan fingerprint density at radius 1 is 1.06 bits per heavy atom. The van der Waals surface area contributed by atoms with Crippen LogP contribution >= 0.6 is 0 Å². The molecule has 3 N–H and O–H groups in total. The number of hydrogen-bond donors (Lipinski definition) is 1. The van der Waals surface area contributed by atoms with Gasteiger partial charge in [0.1, 0.15) is 0 Å². The van der Waals surface area contributed by atoms with E-state index in [9.17, 15) is 0 Å². The Kier molecular flexibility index (Phi) is 6.06. The van der Waals surface area contributed by atoms with Gasteiger partial charge in [-0.05, 0) is 43.7 Å². The van der Waals surface area contributed by atoms with Crippen molar-refractivity contribution in [1.29, 1.82) is 0 Å². The Morgan fingerprint density at radius 2 is 1.76 bits per heavy atom. The van der Waals surface area contributed by atoms with Crippen molar-refractivity contribution in [2.45, 2.75) is 45.4 Å². The van der Waals surface area contributed by atoms with Crippen LogP contribution in [0, 0.1) is 0 Å². The molecule has 2 rings (SSSR count). The van der Waals surface area contributed by atoms with Gasteiger partial charge in [0.15, 0.2) is 0 Å². The summed E-state index contributed by atoms with van der Waals surface area (Å²) in [6, 6.07) is 8.97. The zero-order valence-corrected chi connectivity index (χ0v) is 11.1. The molecule has 1 fully saturated rings. The van der Waals surface area contributed by atoms with Crippen molar-refractivity contribution in [2.75, 3.05) is 18.0 Å². The number of hydrogen-bond acceptors (Lipinski definition) is 2. The monoisotopic (exact) mass is 234 g/mol. The highest BCUT2D eigenvalue weighted by Crippen LogP contribution is 2.25. The first-order chi connectivity index (χ1) is 7.92. The molecule has 96 valence electrons. The second-order valence-electron chi connectivity index (χ2n) is 4.78. The molecule has 2 heteroatoms. The van der Waals surface area contributed by atoms with Crippen LogP contribution in [-0.4, -0.2) is 13.1 Å². The van der Waals surface area contributed by atoms with Crippen molar-refractivity contribution in [3.8, 4) is 0 Å². The lowest BCUT2D eigenvalue weighted by atomic mass is 10.0. The van der Waals surface area contributed by atoms with E-state index in [1.807, 2.05) is 0 Å². The van der Waals surface area contributed by atoms with Crippen molar-refractivity contribution in [3.63, 3.8) is 0 Å². The number of benzene rings is 1. The lowest BCUT2D eigenvalue weighted by Crippen LogP contribution is -2.30. The van der Waals surface area contributed by atoms with Gasteiger partial charge < -0.3 is 11.1 Å². The van der Waals surface area contributed by atoms with Gasteiger partial charge in [-0.15, -0.1) is 0 Å². The molecule has 0 aromatic heterocycles. The number of piperidine rings is 1. The van der Waals surface area contributed by atoms with Gasteiger partial charge in [0.25, 0.3) is 0 Å². The summed E-state index contributed by atoms with van der Waals surface area (Å²) in [5.74, 6) is 0. The molecule has 1 aliphatic heterocycles. The van der Waals surface area contributed by atoms with Crippen molar-refractivity contribution in [3.05, 3.63) is 29.8 Å². The summed E-state index contributed by atoms with van der Waals surface area (Å²) in [4.78, 5) is 2.58. The Morgan fingerprint density at radius 3 is 2.47 bits per heavy atom. The van der Waals surface area contributed by atoms with Crippen LogP contribution < -0.4 is 11.1 Å². The van der Waals surface area contributed by atoms with Crippen LogP contribution in [-0.2, 0) is 6.42 Å². The molecular weight excluding hydrogens is 208 g/mol. The van der Waals surface area contributed by atoms with E-state index in [2.05, 4.69) is 36.1 Å². The molecule has 0 bridgehead atoms. The van der Waals surface area contributed by atoms with E-state index in [1.54, 1.807) is 5.56 Å². The van der Waals surface area contributed by atoms with E-state index >= 15 is 0 Å². The number of rotatable bonds is 4. The first-order valence-electron chi connectivity index (χ1n) is 6.74. The highest BCUT2D eigenvalue weighted by atomic mass is 15.1. The van der Waals surface area contributed by atoms with Gasteiger partial charge >= 0.3 is 0 Å². The minimum atomic E-state index is 0. The number of aryl methyl sites for hydroxylation is 1. The molecule has 0 aliphatic carbocycles. The second kappa shape index (κ2) is 7.33. The number of unbranched alkanes of at least 4 members (excludes halogenated alkanes) is 1. The number of para-hydroxylation sites is 1. The predicted octanol–water partition coefficient (Wildman–Crippen LogP) is 4.18. The Hall–Kier alpha value is -1.02. The van der Waals surface area contributed by atoms with Gasteiger partial charge in [0.05, 0.1) is 0 Å².